The Kier molecular flexibility index (Phi) is 3.67. The van der Waals surface area contributed by atoms with Gasteiger partial charge in [-0.15, -0.1) is 0 Å². The van der Waals surface area contributed by atoms with Gasteiger partial charge in [0, 0.05) is 6.42 Å². The van der Waals surface area contributed by atoms with E-state index >= 15 is 0 Å². The minimum Gasteiger partial charge on any atom is -0.386 e. The van der Waals surface area contributed by atoms with E-state index in [1.165, 1.54) is 0 Å². The van der Waals surface area contributed by atoms with E-state index in [9.17, 15) is 9.90 Å². The molecule has 4 saturated heterocycles. The molecule has 34 heavy (non-hydrogen) atoms. The summed E-state index contributed by atoms with van der Waals surface area (Å²) in [5, 5.41) is 11.8. The SMILES string of the molecule is C[C@@H]1[C@@H]2[C@@H](C[C@@H]3[C@H]4[C@@H]5O[C@@H]5[C@@]5(O)CC=CC(=O)[C@@]5(C)[C@@H]4CC[C@@]23C)O[C@@H]2O[C@H]1C[C@@]1(C)O[C@@]21C. The summed E-state index contributed by atoms with van der Waals surface area (Å²) >= 11 is 0. The normalized spacial score (nSPS) is 68.9. The third kappa shape index (κ3) is 2.07. The molecular weight excluding hydrogens is 432 g/mol. The van der Waals surface area contributed by atoms with Gasteiger partial charge in [-0.3, -0.25) is 4.79 Å². The zero-order chi connectivity index (χ0) is 23.6. The summed E-state index contributed by atoms with van der Waals surface area (Å²) < 4.78 is 25.9. The number of ether oxygens (including phenoxy) is 4. The van der Waals surface area contributed by atoms with Gasteiger partial charge < -0.3 is 24.1 Å². The molecule has 8 rings (SSSR count). The third-order valence-corrected chi connectivity index (χ3v) is 12.9. The van der Waals surface area contributed by atoms with Gasteiger partial charge in [-0.2, -0.15) is 0 Å². The molecule has 3 saturated carbocycles. The molecule has 7 fully saturated rings. The fraction of sp³-hybridized carbons (Fsp3) is 0.893. The summed E-state index contributed by atoms with van der Waals surface area (Å²) in [6.45, 7) is 11.2. The number of epoxide rings is 2. The molecule has 4 aliphatic carbocycles. The van der Waals surface area contributed by atoms with E-state index in [0.717, 1.165) is 25.7 Å². The molecule has 0 unspecified atom stereocenters. The third-order valence-electron chi connectivity index (χ3n) is 12.9. The predicted molar refractivity (Wildman–Crippen MR) is 122 cm³/mol. The Labute approximate surface area is 201 Å². The molecule has 0 aromatic heterocycles. The van der Waals surface area contributed by atoms with Gasteiger partial charge in [0.25, 0.3) is 0 Å². The summed E-state index contributed by atoms with van der Waals surface area (Å²) in [5.74, 6) is 1.77. The van der Waals surface area contributed by atoms with Gasteiger partial charge in [0.1, 0.15) is 22.9 Å². The van der Waals surface area contributed by atoms with E-state index in [4.69, 9.17) is 18.9 Å². The maximum Gasteiger partial charge on any atom is 0.189 e. The van der Waals surface area contributed by atoms with Crippen molar-refractivity contribution in [2.45, 2.75) is 114 Å². The fourth-order valence-corrected chi connectivity index (χ4v) is 10.7. The van der Waals surface area contributed by atoms with Gasteiger partial charge in [0.15, 0.2) is 12.1 Å². The van der Waals surface area contributed by atoms with E-state index in [1.807, 2.05) is 13.0 Å². The van der Waals surface area contributed by atoms with Crippen molar-refractivity contribution in [3.8, 4) is 0 Å². The largest absolute Gasteiger partial charge is 0.386 e. The molecule has 4 heterocycles. The van der Waals surface area contributed by atoms with Crippen LogP contribution in [0.5, 0.6) is 0 Å². The maximum atomic E-state index is 13.4. The Hall–Kier alpha value is -0.790. The first-order valence-corrected chi connectivity index (χ1v) is 13.6. The molecule has 6 nitrogen and oxygen atoms in total. The lowest BCUT2D eigenvalue weighted by Gasteiger charge is -2.60. The molecule has 2 bridgehead atoms. The Morgan fingerprint density at radius 1 is 1.06 bits per heavy atom. The molecule has 15 atom stereocenters. The van der Waals surface area contributed by atoms with E-state index in [0.29, 0.717) is 30.1 Å². The molecule has 0 radical (unpaired) electrons. The van der Waals surface area contributed by atoms with Crippen molar-refractivity contribution in [1.82, 2.24) is 0 Å². The smallest absolute Gasteiger partial charge is 0.189 e. The van der Waals surface area contributed by atoms with Crippen LogP contribution in [0.1, 0.15) is 66.7 Å². The molecule has 186 valence electrons. The van der Waals surface area contributed by atoms with Crippen molar-refractivity contribution in [1.29, 1.82) is 0 Å². The average Bonchev–Trinajstić information content (AvgIpc) is 3.65. The Morgan fingerprint density at radius 3 is 2.62 bits per heavy atom. The summed E-state index contributed by atoms with van der Waals surface area (Å²) in [7, 11) is 0. The second-order valence-corrected chi connectivity index (χ2v) is 13.9. The Balaban J connectivity index is 1.19. The number of carbonyl (C=O) groups is 1. The minimum absolute atomic E-state index is 0.0629. The fourth-order valence-electron chi connectivity index (χ4n) is 10.7. The van der Waals surface area contributed by atoms with Crippen molar-refractivity contribution < 1.29 is 28.8 Å². The highest BCUT2D eigenvalue weighted by Crippen LogP contribution is 2.73. The molecule has 0 aromatic rings. The van der Waals surface area contributed by atoms with Crippen molar-refractivity contribution >= 4 is 5.78 Å². The summed E-state index contributed by atoms with van der Waals surface area (Å²) in [6.07, 6.45) is 7.85. The first kappa shape index (κ1) is 21.3. The van der Waals surface area contributed by atoms with Gasteiger partial charge in [-0.25, -0.2) is 0 Å². The topological polar surface area (TPSA) is 80.8 Å². The number of ketones is 1. The van der Waals surface area contributed by atoms with Gasteiger partial charge in [0.05, 0.1) is 23.7 Å². The summed E-state index contributed by atoms with van der Waals surface area (Å²) in [5.41, 5.74) is -2.21. The number of allylic oxidation sites excluding steroid dienone is 1. The molecule has 0 amide bonds. The van der Waals surface area contributed by atoms with Crippen LogP contribution < -0.4 is 0 Å². The lowest BCUT2D eigenvalue weighted by atomic mass is 9.43. The van der Waals surface area contributed by atoms with Crippen molar-refractivity contribution in [3.63, 3.8) is 0 Å². The standard InChI is InChI=1S/C28H38O6/c1-13-17-12-25(3)27(5,34-25)23(32-17)31-16-11-15-19-14(8-10-24(15,2)20(13)16)26(4)18(29)7-6-9-28(26,30)22-21(19)33-22/h6-7,13-17,19-23,30H,8-12H2,1-5H3/t13-,14+,15+,16+,17-,19-,20+,21-,22-,23+,24+,25+,26+,27-,28-/m0/s1. The molecule has 4 aliphatic heterocycles. The van der Waals surface area contributed by atoms with E-state index in [1.54, 1.807) is 6.08 Å². The summed E-state index contributed by atoms with van der Waals surface area (Å²) in [4.78, 5) is 13.4. The number of carbonyl (C=O) groups excluding carboxylic acids is 1. The number of hydrogen-bond donors (Lipinski definition) is 1. The molecule has 0 spiro atoms. The van der Waals surface area contributed by atoms with E-state index in [-0.39, 0.29) is 59.0 Å². The van der Waals surface area contributed by atoms with E-state index < -0.39 is 11.0 Å². The highest BCUT2D eigenvalue weighted by atomic mass is 16.8. The average molecular weight is 471 g/mol. The molecule has 6 heteroatoms. The van der Waals surface area contributed by atoms with E-state index in [2.05, 4.69) is 27.7 Å². The van der Waals surface area contributed by atoms with Crippen molar-refractivity contribution in [2.24, 2.45) is 40.4 Å². The first-order valence-electron chi connectivity index (χ1n) is 13.6. The van der Waals surface area contributed by atoms with Crippen molar-refractivity contribution in [2.75, 3.05) is 0 Å². The quantitative estimate of drug-likeness (QED) is 0.547. The first-order chi connectivity index (χ1) is 16.0. The highest BCUT2D eigenvalue weighted by Gasteiger charge is 2.80. The van der Waals surface area contributed by atoms with Crippen LogP contribution in [0.4, 0.5) is 0 Å². The van der Waals surface area contributed by atoms with Crippen LogP contribution >= 0.6 is 0 Å². The zero-order valence-corrected chi connectivity index (χ0v) is 21.0. The van der Waals surface area contributed by atoms with Gasteiger partial charge in [0.2, 0.25) is 0 Å². The number of rotatable bonds is 0. The van der Waals surface area contributed by atoms with Crippen LogP contribution in [-0.2, 0) is 23.7 Å². The Bertz CT molecular complexity index is 1030. The lowest BCUT2D eigenvalue weighted by Crippen LogP contribution is -2.67. The molecule has 1 N–H and O–H groups in total. The van der Waals surface area contributed by atoms with Gasteiger partial charge in [-0.1, -0.05) is 19.9 Å². The molecule has 0 aromatic carbocycles. The zero-order valence-electron chi connectivity index (χ0n) is 21.0. The highest BCUT2D eigenvalue weighted by molar-refractivity contribution is 5.97. The minimum atomic E-state index is -1.07. The van der Waals surface area contributed by atoms with Crippen LogP contribution in [0, 0.1) is 40.4 Å². The van der Waals surface area contributed by atoms with Crippen LogP contribution in [0.15, 0.2) is 12.2 Å². The van der Waals surface area contributed by atoms with Crippen LogP contribution in [0.2, 0.25) is 0 Å². The van der Waals surface area contributed by atoms with Crippen molar-refractivity contribution in [3.05, 3.63) is 12.2 Å². The van der Waals surface area contributed by atoms with Crippen LogP contribution in [0.25, 0.3) is 0 Å². The van der Waals surface area contributed by atoms with Gasteiger partial charge in [-0.05, 0) is 87.5 Å². The number of hydrogen-bond acceptors (Lipinski definition) is 6. The van der Waals surface area contributed by atoms with Gasteiger partial charge >= 0.3 is 0 Å². The number of aliphatic hydroxyl groups is 1. The maximum absolute atomic E-state index is 13.4. The molecular formula is C28H38O6. The lowest BCUT2D eigenvalue weighted by molar-refractivity contribution is -0.219. The second-order valence-electron chi connectivity index (χ2n) is 13.9. The summed E-state index contributed by atoms with van der Waals surface area (Å²) in [6, 6.07) is 0. The monoisotopic (exact) mass is 470 g/mol. The second kappa shape index (κ2) is 5.85. The molecule has 8 aliphatic rings. The van der Waals surface area contributed by atoms with Crippen LogP contribution in [0.3, 0.4) is 0 Å². The Morgan fingerprint density at radius 2 is 1.82 bits per heavy atom. The number of fused-ring (bicyclic) bond motifs is 14. The van der Waals surface area contributed by atoms with Crippen LogP contribution in [-0.4, -0.2) is 58.4 Å². The predicted octanol–water partition coefficient (Wildman–Crippen LogP) is 3.40.